The first kappa shape index (κ1) is 11.8. The SMILES string of the molecule is CC(C)CCCC1=CCC(CO)CC1. The molecule has 1 nitrogen and oxygen atoms in total. The van der Waals surface area contributed by atoms with E-state index in [0.29, 0.717) is 12.5 Å². The molecule has 0 aromatic heterocycles. The van der Waals surface area contributed by atoms with Gasteiger partial charge in [-0.2, -0.15) is 0 Å². The lowest BCUT2D eigenvalue weighted by molar-refractivity contribution is 0.215. The van der Waals surface area contributed by atoms with Gasteiger partial charge >= 0.3 is 0 Å². The van der Waals surface area contributed by atoms with E-state index in [0.717, 1.165) is 12.3 Å². The molecule has 0 aliphatic heterocycles. The molecule has 82 valence electrons. The molecule has 0 radical (unpaired) electrons. The van der Waals surface area contributed by atoms with Crippen LogP contribution in [0.5, 0.6) is 0 Å². The summed E-state index contributed by atoms with van der Waals surface area (Å²) in [6.45, 7) is 4.95. The molecule has 0 bridgehead atoms. The van der Waals surface area contributed by atoms with Crippen LogP contribution in [0.1, 0.15) is 52.4 Å². The van der Waals surface area contributed by atoms with Gasteiger partial charge in [0.05, 0.1) is 0 Å². The van der Waals surface area contributed by atoms with Crippen molar-refractivity contribution in [1.29, 1.82) is 0 Å². The Balaban J connectivity index is 2.17. The summed E-state index contributed by atoms with van der Waals surface area (Å²) >= 11 is 0. The highest BCUT2D eigenvalue weighted by atomic mass is 16.3. The van der Waals surface area contributed by atoms with Crippen molar-refractivity contribution in [2.75, 3.05) is 6.61 Å². The van der Waals surface area contributed by atoms with E-state index in [1.165, 1.54) is 32.1 Å². The Morgan fingerprint density at radius 3 is 2.79 bits per heavy atom. The fraction of sp³-hybridized carbons (Fsp3) is 0.846. The molecule has 0 spiro atoms. The van der Waals surface area contributed by atoms with Gasteiger partial charge in [0.2, 0.25) is 0 Å². The maximum atomic E-state index is 9.00. The predicted molar refractivity (Wildman–Crippen MR) is 61.2 cm³/mol. The third-order valence-electron chi connectivity index (χ3n) is 3.15. The van der Waals surface area contributed by atoms with E-state index in [9.17, 15) is 0 Å². The predicted octanol–water partition coefficient (Wildman–Crippen LogP) is 3.53. The molecular weight excluding hydrogens is 172 g/mol. The Morgan fingerprint density at radius 1 is 1.50 bits per heavy atom. The van der Waals surface area contributed by atoms with E-state index < -0.39 is 0 Å². The van der Waals surface area contributed by atoms with E-state index in [2.05, 4.69) is 19.9 Å². The normalized spacial score (nSPS) is 22.6. The van der Waals surface area contributed by atoms with Crippen LogP contribution in [0.25, 0.3) is 0 Å². The van der Waals surface area contributed by atoms with E-state index in [1.54, 1.807) is 5.57 Å². The molecule has 1 atom stereocenters. The Morgan fingerprint density at radius 2 is 2.29 bits per heavy atom. The number of hydrogen-bond acceptors (Lipinski definition) is 1. The first-order valence-electron chi connectivity index (χ1n) is 6.01. The Hall–Kier alpha value is -0.300. The number of aliphatic hydroxyl groups excluding tert-OH is 1. The quantitative estimate of drug-likeness (QED) is 0.667. The maximum absolute atomic E-state index is 9.00. The van der Waals surface area contributed by atoms with Gasteiger partial charge in [0.1, 0.15) is 0 Å². The monoisotopic (exact) mass is 196 g/mol. The number of rotatable bonds is 5. The van der Waals surface area contributed by atoms with E-state index >= 15 is 0 Å². The summed E-state index contributed by atoms with van der Waals surface area (Å²) in [5.74, 6) is 1.38. The van der Waals surface area contributed by atoms with Crippen LogP contribution in [0.4, 0.5) is 0 Å². The molecule has 0 heterocycles. The van der Waals surface area contributed by atoms with Crippen molar-refractivity contribution in [3.63, 3.8) is 0 Å². The topological polar surface area (TPSA) is 20.2 Å². The van der Waals surface area contributed by atoms with Gasteiger partial charge in [-0.1, -0.05) is 31.9 Å². The van der Waals surface area contributed by atoms with E-state index in [1.807, 2.05) is 0 Å². The van der Waals surface area contributed by atoms with Crippen molar-refractivity contribution in [3.8, 4) is 0 Å². The molecule has 1 N–H and O–H groups in total. The minimum absolute atomic E-state index is 0.371. The minimum Gasteiger partial charge on any atom is -0.396 e. The summed E-state index contributed by atoms with van der Waals surface area (Å²) in [6, 6.07) is 0. The van der Waals surface area contributed by atoms with Gasteiger partial charge < -0.3 is 5.11 Å². The van der Waals surface area contributed by atoms with Gasteiger partial charge in [0.25, 0.3) is 0 Å². The van der Waals surface area contributed by atoms with Gasteiger partial charge in [-0.15, -0.1) is 0 Å². The molecule has 1 aliphatic carbocycles. The van der Waals surface area contributed by atoms with Crippen LogP contribution >= 0.6 is 0 Å². The van der Waals surface area contributed by atoms with E-state index in [-0.39, 0.29) is 0 Å². The minimum atomic E-state index is 0.371. The largest absolute Gasteiger partial charge is 0.396 e. The Bertz CT molecular complexity index is 182. The highest BCUT2D eigenvalue weighted by Gasteiger charge is 2.12. The fourth-order valence-corrected chi connectivity index (χ4v) is 2.07. The van der Waals surface area contributed by atoms with Crippen LogP contribution in [0.3, 0.4) is 0 Å². The standard InChI is InChI=1S/C13H24O/c1-11(2)4-3-5-12-6-8-13(10-14)9-7-12/h6,11,13-14H,3-5,7-10H2,1-2H3. The van der Waals surface area contributed by atoms with Crippen molar-refractivity contribution in [3.05, 3.63) is 11.6 Å². The van der Waals surface area contributed by atoms with Gasteiger partial charge in [-0.25, -0.2) is 0 Å². The molecule has 0 aromatic carbocycles. The van der Waals surface area contributed by atoms with Crippen LogP contribution in [-0.2, 0) is 0 Å². The zero-order valence-corrected chi connectivity index (χ0v) is 9.63. The molecule has 0 amide bonds. The molecule has 0 saturated heterocycles. The zero-order chi connectivity index (χ0) is 10.4. The second kappa shape index (κ2) is 6.23. The summed E-state index contributed by atoms with van der Waals surface area (Å²) in [5.41, 5.74) is 1.63. The lowest BCUT2D eigenvalue weighted by atomic mass is 9.87. The first-order chi connectivity index (χ1) is 6.72. The molecule has 0 saturated carbocycles. The first-order valence-corrected chi connectivity index (χ1v) is 6.01. The van der Waals surface area contributed by atoms with Crippen LogP contribution in [0.15, 0.2) is 11.6 Å². The number of aliphatic hydroxyl groups is 1. The fourth-order valence-electron chi connectivity index (χ4n) is 2.07. The summed E-state index contributed by atoms with van der Waals surface area (Å²) in [6.07, 6.45) is 9.87. The average molecular weight is 196 g/mol. The number of allylic oxidation sites excluding steroid dienone is 2. The molecule has 1 heteroatoms. The van der Waals surface area contributed by atoms with Crippen LogP contribution in [0.2, 0.25) is 0 Å². The average Bonchev–Trinajstić information content (AvgIpc) is 2.18. The lowest BCUT2D eigenvalue weighted by Gasteiger charge is -2.20. The highest BCUT2D eigenvalue weighted by molar-refractivity contribution is 5.06. The van der Waals surface area contributed by atoms with Crippen LogP contribution in [0, 0.1) is 11.8 Å². The molecule has 0 aromatic rings. The smallest absolute Gasteiger partial charge is 0.0462 e. The van der Waals surface area contributed by atoms with Crippen molar-refractivity contribution >= 4 is 0 Å². The second-order valence-electron chi connectivity index (χ2n) is 4.97. The summed E-state index contributed by atoms with van der Waals surface area (Å²) in [5, 5.41) is 9.00. The van der Waals surface area contributed by atoms with Gasteiger partial charge in [0.15, 0.2) is 0 Å². The van der Waals surface area contributed by atoms with E-state index in [4.69, 9.17) is 5.11 Å². The van der Waals surface area contributed by atoms with Gasteiger partial charge in [-0.3, -0.25) is 0 Å². The van der Waals surface area contributed by atoms with Crippen molar-refractivity contribution in [2.24, 2.45) is 11.8 Å². The second-order valence-corrected chi connectivity index (χ2v) is 4.97. The maximum Gasteiger partial charge on any atom is 0.0462 e. The molecule has 14 heavy (non-hydrogen) atoms. The summed E-state index contributed by atoms with van der Waals surface area (Å²) < 4.78 is 0. The molecule has 1 unspecified atom stereocenters. The molecule has 1 aliphatic rings. The number of hydrogen-bond donors (Lipinski definition) is 1. The van der Waals surface area contributed by atoms with Gasteiger partial charge in [0, 0.05) is 6.61 Å². The summed E-state index contributed by atoms with van der Waals surface area (Å²) in [4.78, 5) is 0. The third kappa shape index (κ3) is 4.28. The van der Waals surface area contributed by atoms with Crippen molar-refractivity contribution < 1.29 is 5.11 Å². The zero-order valence-electron chi connectivity index (χ0n) is 9.63. The van der Waals surface area contributed by atoms with Gasteiger partial charge in [-0.05, 0) is 43.9 Å². The van der Waals surface area contributed by atoms with Crippen molar-refractivity contribution in [1.82, 2.24) is 0 Å². The van der Waals surface area contributed by atoms with Crippen molar-refractivity contribution in [2.45, 2.75) is 52.4 Å². The molecule has 1 rings (SSSR count). The Kier molecular flexibility index (Phi) is 5.24. The third-order valence-corrected chi connectivity index (χ3v) is 3.15. The summed E-state index contributed by atoms with van der Waals surface area (Å²) in [7, 11) is 0. The van der Waals surface area contributed by atoms with Crippen LogP contribution < -0.4 is 0 Å². The highest BCUT2D eigenvalue weighted by Crippen LogP contribution is 2.26. The Labute approximate surface area is 88.2 Å². The van der Waals surface area contributed by atoms with Crippen LogP contribution in [-0.4, -0.2) is 11.7 Å². The molecular formula is C13H24O. The lowest BCUT2D eigenvalue weighted by Crippen LogP contribution is -2.09. The molecule has 0 fully saturated rings.